The van der Waals surface area contributed by atoms with Crippen molar-refractivity contribution >= 4 is 23.5 Å². The van der Waals surface area contributed by atoms with Gasteiger partial charge in [0, 0.05) is 35.1 Å². The van der Waals surface area contributed by atoms with Gasteiger partial charge in [-0.15, -0.1) is 0 Å². The van der Waals surface area contributed by atoms with Gasteiger partial charge in [0.1, 0.15) is 6.61 Å². The van der Waals surface area contributed by atoms with Crippen LogP contribution in [-0.2, 0) is 20.8 Å². The highest BCUT2D eigenvalue weighted by Gasteiger charge is 2.38. The van der Waals surface area contributed by atoms with Crippen LogP contribution in [0, 0.1) is 11.1 Å². The summed E-state index contributed by atoms with van der Waals surface area (Å²) >= 11 is 1.44. The molecule has 1 aliphatic rings. The minimum Gasteiger partial charge on any atom is -0.618 e. The minimum absolute atomic E-state index is 0.00638. The Hall–Kier alpha value is -3.37. The molecule has 2 aromatic carbocycles. The predicted octanol–water partition coefficient (Wildman–Crippen LogP) is 5.13. The van der Waals surface area contributed by atoms with Gasteiger partial charge in [-0.3, -0.25) is 5.32 Å². The molecule has 0 spiro atoms. The standard InChI is InChI=1S/C28H30N2O6S/c1-3-16-34-28(32)29-23-13-11-22(12-14-23)27-35-24(18-37-25-6-4-5-15-30(25)33)19(2)26(36-27)21-9-7-20(17-31)8-10-21/h3-15,19,24,26-27,31H,1,16-18H2,2H3,(H,29,32). The average molecular weight is 523 g/mol. The number of pyridine rings is 1. The van der Waals surface area contributed by atoms with Gasteiger partial charge in [-0.1, -0.05) is 67.7 Å². The predicted molar refractivity (Wildman–Crippen MR) is 141 cm³/mol. The Morgan fingerprint density at radius 3 is 2.54 bits per heavy atom. The molecule has 4 rings (SSSR count). The van der Waals surface area contributed by atoms with Crippen LogP contribution in [0.1, 0.15) is 36.0 Å². The van der Waals surface area contributed by atoms with E-state index in [0.717, 1.165) is 21.4 Å². The fraction of sp³-hybridized carbons (Fsp3) is 0.286. The van der Waals surface area contributed by atoms with Crippen molar-refractivity contribution in [2.75, 3.05) is 17.7 Å². The molecule has 9 heteroatoms. The Balaban J connectivity index is 1.53. The van der Waals surface area contributed by atoms with Gasteiger partial charge in [0.25, 0.3) is 5.03 Å². The number of amides is 1. The number of aliphatic hydroxyl groups is 1. The third-order valence-electron chi connectivity index (χ3n) is 6.07. The van der Waals surface area contributed by atoms with E-state index in [2.05, 4.69) is 18.8 Å². The second-order valence-corrected chi connectivity index (χ2v) is 9.67. The fourth-order valence-corrected chi connectivity index (χ4v) is 5.09. The Bertz CT molecular complexity index is 1190. The lowest BCUT2D eigenvalue weighted by Crippen LogP contribution is -2.39. The van der Waals surface area contributed by atoms with Crippen LogP contribution < -0.4 is 10.0 Å². The summed E-state index contributed by atoms with van der Waals surface area (Å²) in [6.07, 6.45) is 1.29. The van der Waals surface area contributed by atoms with Crippen LogP contribution in [0.4, 0.5) is 10.5 Å². The van der Waals surface area contributed by atoms with Gasteiger partial charge >= 0.3 is 6.09 Å². The van der Waals surface area contributed by atoms with E-state index in [9.17, 15) is 15.1 Å². The number of nitrogens with zero attached hydrogens (tertiary/aromatic N) is 1. The molecular weight excluding hydrogens is 492 g/mol. The van der Waals surface area contributed by atoms with Gasteiger partial charge in [-0.2, -0.15) is 4.73 Å². The molecule has 4 unspecified atom stereocenters. The summed E-state index contributed by atoms with van der Waals surface area (Å²) in [5.41, 5.74) is 3.18. The molecule has 0 bridgehead atoms. The highest BCUT2D eigenvalue weighted by Crippen LogP contribution is 2.43. The molecule has 1 aliphatic heterocycles. The average Bonchev–Trinajstić information content (AvgIpc) is 2.92. The molecule has 0 saturated carbocycles. The van der Waals surface area contributed by atoms with Crippen molar-refractivity contribution in [3.05, 3.63) is 107 Å². The number of benzene rings is 2. The zero-order valence-corrected chi connectivity index (χ0v) is 21.3. The minimum atomic E-state index is -0.652. The summed E-state index contributed by atoms with van der Waals surface area (Å²) in [4.78, 5) is 11.8. The van der Waals surface area contributed by atoms with Crippen molar-refractivity contribution in [1.82, 2.24) is 0 Å². The molecule has 3 aromatic rings. The number of carbonyl (C=O) groups excluding carboxylic acids is 1. The lowest BCUT2D eigenvalue weighted by Gasteiger charge is -2.41. The van der Waals surface area contributed by atoms with Crippen LogP contribution >= 0.6 is 11.8 Å². The topological polar surface area (TPSA) is 104 Å². The molecule has 37 heavy (non-hydrogen) atoms. The Morgan fingerprint density at radius 2 is 1.86 bits per heavy atom. The van der Waals surface area contributed by atoms with Gasteiger partial charge in [-0.25, -0.2) is 4.79 Å². The number of rotatable bonds is 9. The van der Waals surface area contributed by atoms with E-state index < -0.39 is 12.4 Å². The van der Waals surface area contributed by atoms with Crippen molar-refractivity contribution < 1.29 is 28.8 Å². The van der Waals surface area contributed by atoms with E-state index >= 15 is 0 Å². The number of aromatic nitrogens is 1. The van der Waals surface area contributed by atoms with Gasteiger partial charge in [0.15, 0.2) is 12.5 Å². The third-order valence-corrected chi connectivity index (χ3v) is 7.18. The monoisotopic (exact) mass is 522 g/mol. The smallest absolute Gasteiger partial charge is 0.411 e. The third kappa shape index (κ3) is 6.90. The van der Waals surface area contributed by atoms with E-state index in [0.29, 0.717) is 16.5 Å². The van der Waals surface area contributed by atoms with Crippen LogP contribution in [0.2, 0.25) is 0 Å². The zero-order valence-electron chi connectivity index (χ0n) is 20.5. The quantitative estimate of drug-likeness (QED) is 0.174. The summed E-state index contributed by atoms with van der Waals surface area (Å²) in [5.74, 6) is 0.556. The van der Waals surface area contributed by atoms with Crippen molar-refractivity contribution in [3.8, 4) is 0 Å². The molecule has 4 atom stereocenters. The summed E-state index contributed by atoms with van der Waals surface area (Å²) in [6.45, 7) is 5.70. The van der Waals surface area contributed by atoms with E-state index in [1.165, 1.54) is 24.0 Å². The molecule has 1 fully saturated rings. The highest BCUT2D eigenvalue weighted by atomic mass is 32.2. The van der Waals surface area contributed by atoms with Gasteiger partial charge in [-0.05, 0) is 29.3 Å². The number of hydrogen-bond acceptors (Lipinski definition) is 7. The Morgan fingerprint density at radius 1 is 1.14 bits per heavy atom. The maximum atomic E-state index is 12.1. The highest BCUT2D eigenvalue weighted by molar-refractivity contribution is 7.99. The van der Waals surface area contributed by atoms with Crippen LogP contribution in [0.25, 0.3) is 0 Å². The molecular formula is C28H30N2O6S. The molecule has 2 heterocycles. The first kappa shape index (κ1) is 26.7. The first-order valence-electron chi connectivity index (χ1n) is 11.9. The van der Waals surface area contributed by atoms with Gasteiger partial charge in [0.05, 0.1) is 18.8 Å². The molecule has 2 N–H and O–H groups in total. The van der Waals surface area contributed by atoms with E-state index in [4.69, 9.17) is 14.2 Å². The summed E-state index contributed by atoms with van der Waals surface area (Å²) in [6, 6.07) is 20.2. The van der Waals surface area contributed by atoms with Crippen molar-refractivity contribution in [1.29, 1.82) is 0 Å². The number of carbonyl (C=O) groups is 1. The molecule has 1 saturated heterocycles. The normalized spacial score (nSPS) is 21.2. The molecule has 8 nitrogen and oxygen atoms in total. The second-order valence-electron chi connectivity index (χ2n) is 8.63. The SMILES string of the molecule is C=CCOC(=O)Nc1ccc(C2OC(CSc3cccc[n+]3[O-])C(C)C(c3ccc(CO)cc3)O2)cc1. The molecule has 0 aliphatic carbocycles. The van der Waals surface area contributed by atoms with Crippen LogP contribution in [0.15, 0.2) is 90.6 Å². The number of aliphatic hydroxyl groups excluding tert-OH is 1. The van der Waals surface area contributed by atoms with Crippen molar-refractivity contribution in [2.24, 2.45) is 5.92 Å². The second kappa shape index (κ2) is 12.7. The number of nitrogens with one attached hydrogen (secondary N) is 1. The summed E-state index contributed by atoms with van der Waals surface area (Å²) in [7, 11) is 0. The van der Waals surface area contributed by atoms with Crippen molar-refractivity contribution in [3.63, 3.8) is 0 Å². The first-order valence-corrected chi connectivity index (χ1v) is 12.9. The van der Waals surface area contributed by atoms with Crippen LogP contribution in [0.3, 0.4) is 0 Å². The number of ether oxygens (including phenoxy) is 3. The maximum absolute atomic E-state index is 12.1. The lowest BCUT2D eigenvalue weighted by atomic mass is 9.91. The summed E-state index contributed by atoms with van der Waals surface area (Å²) in [5, 5.41) is 24.8. The maximum Gasteiger partial charge on any atom is 0.411 e. The Labute approximate surface area is 220 Å². The largest absolute Gasteiger partial charge is 0.618 e. The number of hydrogen-bond donors (Lipinski definition) is 2. The van der Waals surface area contributed by atoms with E-state index in [1.54, 1.807) is 24.3 Å². The summed E-state index contributed by atoms with van der Waals surface area (Å²) < 4.78 is 18.6. The van der Waals surface area contributed by atoms with E-state index in [1.807, 2.05) is 42.5 Å². The van der Waals surface area contributed by atoms with E-state index in [-0.39, 0.29) is 31.3 Å². The number of anilines is 1. The Kier molecular flexibility index (Phi) is 9.19. The van der Waals surface area contributed by atoms with Gasteiger partial charge < -0.3 is 24.5 Å². The van der Waals surface area contributed by atoms with Crippen LogP contribution in [0.5, 0.6) is 0 Å². The number of thioether (sulfide) groups is 1. The fourth-order valence-electron chi connectivity index (χ4n) is 4.01. The first-order chi connectivity index (χ1) is 18.0. The van der Waals surface area contributed by atoms with Gasteiger partial charge in [0.2, 0.25) is 0 Å². The molecule has 0 radical (unpaired) electrons. The zero-order chi connectivity index (χ0) is 26.2. The molecule has 194 valence electrons. The lowest BCUT2D eigenvalue weighted by molar-refractivity contribution is -0.645. The van der Waals surface area contributed by atoms with Crippen LogP contribution in [-0.4, -0.2) is 29.7 Å². The van der Waals surface area contributed by atoms with Crippen molar-refractivity contribution in [2.45, 2.75) is 37.1 Å². The molecule has 1 aromatic heterocycles. The molecule has 1 amide bonds.